The van der Waals surface area contributed by atoms with Gasteiger partial charge in [0.25, 0.3) is 0 Å². The third-order valence-corrected chi connectivity index (χ3v) is 20.5. The number of fused-ring (bicyclic) bond motifs is 10. The molecule has 0 saturated carbocycles. The molecule has 0 aliphatic carbocycles. The van der Waals surface area contributed by atoms with Crippen molar-refractivity contribution in [1.82, 2.24) is 0 Å². The first kappa shape index (κ1) is 64.6. The van der Waals surface area contributed by atoms with Crippen LogP contribution in [-0.4, -0.2) is 193 Å². The van der Waals surface area contributed by atoms with E-state index in [4.69, 9.17) is 56.3 Å². The fourth-order valence-electron chi connectivity index (χ4n) is 15.3. The Morgan fingerprint density at radius 3 is 1.89 bits per heavy atom. The average molecular weight is 1190 g/mol. The predicted octanol–water partition coefficient (Wildman–Crippen LogP) is -1.62. The van der Waals surface area contributed by atoms with Gasteiger partial charge in [-0.2, -0.15) is 0 Å². The minimum Gasteiger partial charge on any atom is -0.726 e. The second-order valence-electron chi connectivity index (χ2n) is 25.5. The van der Waals surface area contributed by atoms with Crippen LogP contribution >= 0.6 is 0 Å². The van der Waals surface area contributed by atoms with E-state index in [-0.39, 0.29) is 127 Å². The van der Waals surface area contributed by atoms with Crippen molar-refractivity contribution in [3.63, 3.8) is 0 Å². The summed E-state index contributed by atoms with van der Waals surface area (Å²) in [7, 11) is -10.3. The molecule has 26 atom stereocenters. The Bertz CT molecular complexity index is 2560. The van der Waals surface area contributed by atoms with Crippen molar-refractivity contribution in [3.05, 3.63) is 49.1 Å². The molecule has 0 aromatic carbocycles. The molecule has 0 bridgehead atoms. The summed E-state index contributed by atoms with van der Waals surface area (Å²) in [5, 5.41) is 24.0. The molecule has 0 amide bonds. The van der Waals surface area contributed by atoms with E-state index in [1.807, 2.05) is 6.92 Å². The first-order valence-electron chi connectivity index (χ1n) is 28.1. The van der Waals surface area contributed by atoms with Crippen LogP contribution in [0.3, 0.4) is 0 Å². The summed E-state index contributed by atoms with van der Waals surface area (Å²) in [6.45, 7) is 23.0. The Hall–Kier alpha value is 0.180. The Kier molecular flexibility index (Phi) is 19.3. The standard InChI is InChI=1S/C55H82O21S2.2Na/c1-10-11-28(2)12-15-51(5,57)50-30(4)20-39-38(71-50)26-46-55(9,74-39)49(56)48-42(70-46)24-41-47(72-48)29(3)13-16-53(7)44(69-41)27-43-54(8,76-53)17-14-31-32(68-43)21-34-33(65-31)22-35-36(66-34)23-40-37(67-35)25-45(75-78(61,62)63)52(6,73-40)18-19-64-77(58,59)60;;/h10,12,15,29,31-50,56-57H,1-2,4,11,13-14,16-27H2,3,5-9H3,(H,58,59,60)(H,61,62,63);;/q;2*+1/p-2/b15-12+;;/t29-,31-,32?,33+,34?,35-,36?,37+,38?,39-,40?,41?,42?,43?,44?,45-,46?,47+,48+,49?,50-,51+,52?,53-,54+,55-;;/m0../s1. The number of ether oxygens (including phenoxy) is 11. The van der Waals surface area contributed by atoms with Crippen molar-refractivity contribution in [2.45, 2.75) is 282 Å². The van der Waals surface area contributed by atoms with Gasteiger partial charge in [-0.1, -0.05) is 43.9 Å². The SMILES string of the molecule is C=CCC(=C)/C=C/[C@@](C)(O)[C@H]1OC2CC3OC4CC5OC6CC7OC8CC9OC%10CC%11OC(C)(CCOS(=O)(=O)[O-])[C@@H](OS(=O)(=O)[O-])C[C@H]%11O[C@H]%10C[C@H]9O[C@H]8CC[C@@]7(C)O[C@@]6(C)CC[C@H](C)[C@H]5O[C@H]4C(O)[C@@]3(C)O[C@H]2CC1=C.[Na+].[Na+]. The molecule has 2 N–H and O–H groups in total. The van der Waals surface area contributed by atoms with Gasteiger partial charge in [0, 0.05) is 51.4 Å². The van der Waals surface area contributed by atoms with Crippen LogP contribution in [0, 0.1) is 5.92 Å². The molecular formula is C55H80Na2O21S2. The van der Waals surface area contributed by atoms with Gasteiger partial charge in [-0.15, -0.1) is 6.58 Å². The maximum absolute atomic E-state index is 12.3. The summed E-state index contributed by atoms with van der Waals surface area (Å²) in [5.41, 5.74) is -3.80. The van der Waals surface area contributed by atoms with Crippen LogP contribution < -0.4 is 59.1 Å². The van der Waals surface area contributed by atoms with E-state index in [0.717, 1.165) is 12.0 Å². The molecule has 0 aromatic rings. The Labute approximate surface area is 515 Å². The van der Waals surface area contributed by atoms with Crippen LogP contribution in [0.4, 0.5) is 0 Å². The van der Waals surface area contributed by atoms with Crippen LogP contribution in [0.15, 0.2) is 49.1 Å². The maximum atomic E-state index is 12.3. The first-order valence-corrected chi connectivity index (χ1v) is 30.8. The molecule has 0 radical (unpaired) electrons. The summed E-state index contributed by atoms with van der Waals surface area (Å²) in [6, 6.07) is 0. The van der Waals surface area contributed by atoms with Crippen LogP contribution in [-0.2, 0) is 81.3 Å². The Morgan fingerprint density at radius 2 is 1.25 bits per heavy atom. The van der Waals surface area contributed by atoms with Gasteiger partial charge in [-0.3, -0.25) is 8.37 Å². The summed E-state index contributed by atoms with van der Waals surface area (Å²) < 4.78 is 154. The van der Waals surface area contributed by atoms with Crippen LogP contribution in [0.2, 0.25) is 0 Å². The number of aliphatic hydroxyl groups excluding tert-OH is 1. The van der Waals surface area contributed by atoms with Crippen molar-refractivity contribution in [1.29, 1.82) is 0 Å². The number of hydrogen-bond acceptors (Lipinski definition) is 21. The van der Waals surface area contributed by atoms with Crippen LogP contribution in [0.5, 0.6) is 0 Å². The van der Waals surface area contributed by atoms with Crippen molar-refractivity contribution in [3.8, 4) is 0 Å². The monoisotopic (exact) mass is 1190 g/mol. The molecule has 21 nitrogen and oxygen atoms in total. The van der Waals surface area contributed by atoms with E-state index in [9.17, 15) is 36.2 Å². The van der Waals surface area contributed by atoms with Crippen molar-refractivity contribution < 1.29 is 156 Å². The normalized spacial score (nSPS) is 49.7. The van der Waals surface area contributed by atoms with Gasteiger partial charge in [0.1, 0.15) is 35.6 Å². The second-order valence-corrected chi connectivity index (χ2v) is 27.5. The van der Waals surface area contributed by atoms with Gasteiger partial charge in [-0.25, -0.2) is 16.8 Å². The first-order chi connectivity index (χ1) is 36.5. The van der Waals surface area contributed by atoms with Gasteiger partial charge < -0.3 is 71.4 Å². The Morgan fingerprint density at radius 1 is 0.700 bits per heavy atom. The van der Waals surface area contributed by atoms with E-state index in [2.05, 4.69) is 44.7 Å². The summed E-state index contributed by atoms with van der Waals surface area (Å²) >= 11 is 0. The average Bonchev–Trinajstić information content (AvgIpc) is 3.62. The molecule has 12 unspecified atom stereocenters. The largest absolute Gasteiger partial charge is 1.00 e. The topological polar surface area (TPSA) is 275 Å². The molecule has 11 aliphatic rings. The molecule has 11 fully saturated rings. The molecule has 80 heavy (non-hydrogen) atoms. The molecule has 11 aliphatic heterocycles. The molecule has 11 saturated heterocycles. The molecule has 0 aromatic heterocycles. The second kappa shape index (κ2) is 23.9. The summed E-state index contributed by atoms with van der Waals surface area (Å²) in [6.07, 6.45) is 1.21. The van der Waals surface area contributed by atoms with Gasteiger partial charge in [0.15, 0.2) is 0 Å². The molecule has 11 rings (SSSR count). The smallest absolute Gasteiger partial charge is 0.726 e. The zero-order valence-electron chi connectivity index (χ0n) is 47.6. The van der Waals surface area contributed by atoms with E-state index in [0.29, 0.717) is 76.2 Å². The molecule has 25 heteroatoms. The van der Waals surface area contributed by atoms with Crippen LogP contribution in [0.1, 0.15) is 131 Å². The summed E-state index contributed by atoms with van der Waals surface area (Å²) in [4.78, 5) is 0. The molecule has 11 heterocycles. The van der Waals surface area contributed by atoms with Crippen molar-refractivity contribution >= 4 is 20.8 Å². The minimum absolute atomic E-state index is 0. The number of rotatable bonds is 11. The number of aliphatic hydroxyl groups is 2. The third-order valence-electron chi connectivity index (χ3n) is 19.6. The minimum atomic E-state index is -5.21. The van der Waals surface area contributed by atoms with Gasteiger partial charge in [0.2, 0.25) is 20.8 Å². The van der Waals surface area contributed by atoms with Crippen molar-refractivity contribution in [2.75, 3.05) is 6.61 Å². The quantitative estimate of drug-likeness (QED) is 0.0774. The Balaban J connectivity index is 0.00000387. The third kappa shape index (κ3) is 12.9. The number of allylic oxidation sites excluding steroid dienone is 3. The number of hydrogen-bond donors (Lipinski definition) is 2. The molecular weight excluding hydrogens is 1110 g/mol. The van der Waals surface area contributed by atoms with E-state index in [1.165, 1.54) is 6.92 Å². The fourth-order valence-corrected chi connectivity index (χ4v) is 16.1. The zero-order valence-corrected chi connectivity index (χ0v) is 53.2. The van der Waals surface area contributed by atoms with Crippen molar-refractivity contribution in [2.24, 2.45) is 5.92 Å². The van der Waals surface area contributed by atoms with E-state index >= 15 is 0 Å². The summed E-state index contributed by atoms with van der Waals surface area (Å²) in [5.74, 6) is 0.0619. The zero-order chi connectivity index (χ0) is 55.7. The van der Waals surface area contributed by atoms with Gasteiger partial charge in [-0.05, 0) is 84.6 Å². The molecule has 0 spiro atoms. The maximum Gasteiger partial charge on any atom is 1.00 e. The van der Waals surface area contributed by atoms with Gasteiger partial charge in [0.05, 0.1) is 121 Å². The fraction of sp³-hybridized carbons (Fsp3) is 0.855. The van der Waals surface area contributed by atoms with E-state index < -0.39 is 129 Å². The molecule has 440 valence electrons. The van der Waals surface area contributed by atoms with E-state index in [1.54, 1.807) is 25.2 Å². The van der Waals surface area contributed by atoms with Gasteiger partial charge >= 0.3 is 59.1 Å². The predicted molar refractivity (Wildman–Crippen MR) is 272 cm³/mol. The van der Waals surface area contributed by atoms with Crippen LogP contribution in [0.25, 0.3) is 0 Å².